The average Bonchev–Trinajstić information content (AvgIpc) is 2.29. The fraction of sp³-hybridized carbons (Fsp3) is 0.500. The first-order valence-corrected chi connectivity index (χ1v) is 5.38. The van der Waals surface area contributed by atoms with Crippen LogP contribution in [0.2, 0.25) is 0 Å². The zero-order valence-corrected chi connectivity index (χ0v) is 10.5. The van der Waals surface area contributed by atoms with Crippen LogP contribution in [-0.2, 0) is 19.1 Å². The van der Waals surface area contributed by atoms with Gasteiger partial charge in [-0.1, -0.05) is 20.1 Å². The van der Waals surface area contributed by atoms with Gasteiger partial charge >= 0.3 is 11.9 Å². The number of carbonyl (C=O) groups excluding carboxylic acids is 2. The molecule has 2 unspecified atom stereocenters. The lowest BCUT2D eigenvalue weighted by Gasteiger charge is -2.31. The van der Waals surface area contributed by atoms with Gasteiger partial charge in [-0.3, -0.25) is 0 Å². The van der Waals surface area contributed by atoms with Crippen molar-refractivity contribution in [1.29, 1.82) is 0 Å². The highest BCUT2D eigenvalue weighted by atomic mass is 16.6. The fourth-order valence-corrected chi connectivity index (χ4v) is 1.38. The van der Waals surface area contributed by atoms with Crippen LogP contribution >= 0.6 is 0 Å². The van der Waals surface area contributed by atoms with Gasteiger partial charge in [0, 0.05) is 18.7 Å². The van der Waals surface area contributed by atoms with E-state index >= 15 is 0 Å². The summed E-state index contributed by atoms with van der Waals surface area (Å²) in [6.07, 6.45) is 1.17. The smallest absolute Gasteiger partial charge is 0.331 e. The third-order valence-electron chi connectivity index (χ3n) is 2.21. The van der Waals surface area contributed by atoms with Gasteiger partial charge in [-0.25, -0.2) is 14.5 Å². The lowest BCUT2D eigenvalue weighted by atomic mass is 10.4. The van der Waals surface area contributed by atoms with Gasteiger partial charge in [0.15, 0.2) is 12.5 Å². The molecule has 0 amide bonds. The topological polar surface area (TPSA) is 55.8 Å². The van der Waals surface area contributed by atoms with Crippen molar-refractivity contribution in [1.82, 2.24) is 4.90 Å². The molecule has 0 spiro atoms. The molecule has 0 heterocycles. The number of nitrogens with zero attached hydrogens (tertiary/aromatic N) is 1. The predicted molar refractivity (Wildman–Crippen MR) is 63.9 cm³/mol. The van der Waals surface area contributed by atoms with Crippen LogP contribution in [-0.4, -0.2) is 35.8 Å². The van der Waals surface area contributed by atoms with Crippen molar-refractivity contribution in [3.05, 3.63) is 25.3 Å². The zero-order valence-electron chi connectivity index (χ0n) is 10.5. The number of hydrogen-bond acceptors (Lipinski definition) is 5. The summed E-state index contributed by atoms with van der Waals surface area (Å²) in [5, 5.41) is 0. The normalized spacial score (nSPS) is 13.6. The molecule has 0 rings (SSSR count). The SMILES string of the molecule is C=CC(=O)OC(C)N(CC)C(C)OC(=O)C=C. The van der Waals surface area contributed by atoms with Crippen molar-refractivity contribution in [2.45, 2.75) is 33.2 Å². The van der Waals surface area contributed by atoms with Crippen LogP contribution in [0, 0.1) is 0 Å². The average molecular weight is 241 g/mol. The van der Waals surface area contributed by atoms with E-state index in [9.17, 15) is 9.59 Å². The Morgan fingerprint density at radius 1 is 1.12 bits per heavy atom. The second-order valence-corrected chi connectivity index (χ2v) is 3.31. The fourth-order valence-electron chi connectivity index (χ4n) is 1.38. The highest BCUT2D eigenvalue weighted by molar-refractivity contribution is 5.81. The summed E-state index contributed by atoms with van der Waals surface area (Å²) in [6.45, 7) is 12.5. The summed E-state index contributed by atoms with van der Waals surface area (Å²) in [7, 11) is 0. The molecule has 0 fully saturated rings. The van der Waals surface area contributed by atoms with E-state index in [2.05, 4.69) is 13.2 Å². The molecule has 0 saturated carbocycles. The number of ether oxygens (including phenoxy) is 2. The molecule has 0 aliphatic rings. The third-order valence-corrected chi connectivity index (χ3v) is 2.21. The van der Waals surface area contributed by atoms with Gasteiger partial charge < -0.3 is 9.47 Å². The molecule has 0 radical (unpaired) electrons. The Kier molecular flexibility index (Phi) is 6.89. The van der Waals surface area contributed by atoms with Crippen molar-refractivity contribution in [2.75, 3.05) is 6.54 Å². The maximum absolute atomic E-state index is 11.1. The van der Waals surface area contributed by atoms with E-state index < -0.39 is 24.4 Å². The maximum atomic E-state index is 11.1. The molecule has 0 bridgehead atoms. The van der Waals surface area contributed by atoms with Crippen LogP contribution in [0.4, 0.5) is 0 Å². The molecule has 0 aromatic rings. The lowest BCUT2D eigenvalue weighted by Crippen LogP contribution is -2.44. The van der Waals surface area contributed by atoms with Crippen molar-refractivity contribution in [3.63, 3.8) is 0 Å². The van der Waals surface area contributed by atoms with Crippen molar-refractivity contribution >= 4 is 11.9 Å². The first kappa shape index (κ1) is 15.4. The lowest BCUT2D eigenvalue weighted by molar-refractivity contribution is -0.173. The quantitative estimate of drug-likeness (QED) is 0.383. The van der Waals surface area contributed by atoms with Crippen LogP contribution in [0.5, 0.6) is 0 Å². The molecule has 0 N–H and O–H groups in total. The standard InChI is InChI=1S/C12H19NO4/c1-6-11(14)16-9(4)13(8-3)10(5)17-12(15)7-2/h6-7,9-10H,1-2,8H2,3-5H3. The Balaban J connectivity index is 4.47. The van der Waals surface area contributed by atoms with Gasteiger partial charge in [-0.15, -0.1) is 0 Å². The van der Waals surface area contributed by atoms with Gasteiger partial charge in [0.2, 0.25) is 0 Å². The Morgan fingerprint density at radius 2 is 1.47 bits per heavy atom. The van der Waals surface area contributed by atoms with Gasteiger partial charge in [0.25, 0.3) is 0 Å². The summed E-state index contributed by atoms with van der Waals surface area (Å²) in [6, 6.07) is 0. The summed E-state index contributed by atoms with van der Waals surface area (Å²) >= 11 is 0. The second kappa shape index (κ2) is 7.62. The molecular weight excluding hydrogens is 222 g/mol. The minimum absolute atomic E-state index is 0.502. The molecule has 0 aliphatic heterocycles. The monoisotopic (exact) mass is 241 g/mol. The van der Waals surface area contributed by atoms with Gasteiger partial charge in [-0.05, 0) is 13.8 Å². The summed E-state index contributed by atoms with van der Waals surface area (Å²) < 4.78 is 10.1. The molecule has 5 nitrogen and oxygen atoms in total. The molecular formula is C12H19NO4. The Hall–Kier alpha value is -1.62. The van der Waals surface area contributed by atoms with E-state index in [1.54, 1.807) is 18.7 Å². The first-order chi connectivity index (χ1) is 7.96. The number of rotatable bonds is 7. The van der Waals surface area contributed by atoms with Crippen LogP contribution < -0.4 is 0 Å². The van der Waals surface area contributed by atoms with Crippen molar-refractivity contribution < 1.29 is 19.1 Å². The van der Waals surface area contributed by atoms with Crippen LogP contribution in [0.15, 0.2) is 25.3 Å². The molecule has 5 heteroatoms. The number of carbonyl (C=O) groups is 2. The van der Waals surface area contributed by atoms with E-state index in [0.29, 0.717) is 6.54 Å². The van der Waals surface area contributed by atoms with E-state index in [4.69, 9.17) is 9.47 Å². The second-order valence-electron chi connectivity index (χ2n) is 3.31. The maximum Gasteiger partial charge on any atom is 0.331 e. The zero-order chi connectivity index (χ0) is 13.4. The van der Waals surface area contributed by atoms with Gasteiger partial charge in [0.1, 0.15) is 0 Å². The molecule has 0 aliphatic carbocycles. The highest BCUT2D eigenvalue weighted by Gasteiger charge is 2.23. The van der Waals surface area contributed by atoms with Crippen molar-refractivity contribution in [2.24, 2.45) is 0 Å². The summed E-state index contributed by atoms with van der Waals surface area (Å²) in [5.41, 5.74) is 0. The minimum atomic E-state index is -0.516. The van der Waals surface area contributed by atoms with Crippen molar-refractivity contribution in [3.8, 4) is 0 Å². The summed E-state index contributed by atoms with van der Waals surface area (Å²) in [5.74, 6) is -1.03. The van der Waals surface area contributed by atoms with E-state index in [0.717, 1.165) is 12.2 Å². The largest absolute Gasteiger partial charge is 0.443 e. The molecule has 2 atom stereocenters. The number of hydrogen-bond donors (Lipinski definition) is 0. The van der Waals surface area contributed by atoms with E-state index in [1.165, 1.54) is 0 Å². The molecule has 17 heavy (non-hydrogen) atoms. The molecule has 0 saturated heterocycles. The van der Waals surface area contributed by atoms with Gasteiger partial charge in [0.05, 0.1) is 0 Å². The Morgan fingerprint density at radius 3 is 1.71 bits per heavy atom. The minimum Gasteiger partial charge on any atom is -0.443 e. The van der Waals surface area contributed by atoms with E-state index in [1.807, 2.05) is 6.92 Å². The summed E-state index contributed by atoms with van der Waals surface area (Å²) in [4.78, 5) is 23.8. The van der Waals surface area contributed by atoms with E-state index in [-0.39, 0.29) is 0 Å². The number of esters is 2. The molecule has 0 aromatic carbocycles. The van der Waals surface area contributed by atoms with Gasteiger partial charge in [-0.2, -0.15) is 0 Å². The predicted octanol–water partition coefficient (Wildman–Crippen LogP) is 1.46. The Bertz CT molecular complexity index is 273. The Labute approximate surface area is 102 Å². The first-order valence-electron chi connectivity index (χ1n) is 5.38. The highest BCUT2D eigenvalue weighted by Crippen LogP contribution is 2.09. The molecule has 96 valence electrons. The third kappa shape index (κ3) is 5.31. The van der Waals surface area contributed by atoms with Crippen LogP contribution in [0.25, 0.3) is 0 Å². The molecule has 0 aromatic heterocycles. The van der Waals surface area contributed by atoms with Crippen LogP contribution in [0.1, 0.15) is 20.8 Å². The van der Waals surface area contributed by atoms with Crippen LogP contribution in [0.3, 0.4) is 0 Å².